The summed E-state index contributed by atoms with van der Waals surface area (Å²) in [4.78, 5) is 9.66. The van der Waals surface area contributed by atoms with Crippen molar-refractivity contribution in [3.8, 4) is 0 Å². The normalized spacial score (nSPS) is 27.1. The quantitative estimate of drug-likeness (QED) is 0.404. The lowest BCUT2D eigenvalue weighted by atomic mass is 9.82. The van der Waals surface area contributed by atoms with Gasteiger partial charge in [0, 0.05) is 32.7 Å². The van der Waals surface area contributed by atoms with Crippen LogP contribution in [0.1, 0.15) is 31.7 Å². The number of morpholine rings is 1. The highest BCUT2D eigenvalue weighted by Gasteiger charge is 2.29. The predicted octanol–water partition coefficient (Wildman–Crippen LogP) is 3.03. The number of hydrogen-bond donors (Lipinski definition) is 1. The first-order valence-corrected chi connectivity index (χ1v) is 10.1. The fourth-order valence-corrected chi connectivity index (χ4v) is 4.12. The van der Waals surface area contributed by atoms with Crippen molar-refractivity contribution in [1.29, 1.82) is 0 Å². The van der Waals surface area contributed by atoms with Crippen LogP contribution in [-0.4, -0.2) is 74.8 Å². The van der Waals surface area contributed by atoms with E-state index in [2.05, 4.69) is 66.3 Å². The molecule has 0 spiro atoms. The second-order valence-electron chi connectivity index (χ2n) is 7.68. The number of ether oxygens (including phenoxy) is 1. The van der Waals surface area contributed by atoms with E-state index in [1.165, 1.54) is 12.0 Å². The predicted molar refractivity (Wildman–Crippen MR) is 123 cm³/mol. The summed E-state index contributed by atoms with van der Waals surface area (Å²) in [5, 5.41) is 3.49. The number of hydrogen-bond acceptors (Lipinski definition) is 3. The minimum Gasteiger partial charge on any atom is -0.374 e. The number of halogens is 1. The second kappa shape index (κ2) is 11.2. The molecule has 2 fully saturated rings. The summed E-state index contributed by atoms with van der Waals surface area (Å²) in [7, 11) is 2.15. The number of piperidine rings is 1. The number of rotatable bonds is 4. The van der Waals surface area contributed by atoms with Crippen molar-refractivity contribution >= 4 is 29.9 Å². The molecule has 3 rings (SSSR count). The molecule has 2 saturated heterocycles. The zero-order chi connectivity index (χ0) is 18.4. The van der Waals surface area contributed by atoms with Gasteiger partial charge >= 0.3 is 0 Å². The van der Waals surface area contributed by atoms with Gasteiger partial charge in [-0.25, -0.2) is 0 Å². The van der Waals surface area contributed by atoms with E-state index >= 15 is 0 Å². The van der Waals surface area contributed by atoms with Crippen LogP contribution >= 0.6 is 24.0 Å². The van der Waals surface area contributed by atoms with Gasteiger partial charge in [-0.1, -0.05) is 37.3 Å². The average molecular weight is 486 g/mol. The van der Waals surface area contributed by atoms with Crippen molar-refractivity contribution in [1.82, 2.24) is 15.1 Å². The fourth-order valence-electron chi connectivity index (χ4n) is 4.12. The van der Waals surface area contributed by atoms with E-state index in [0.29, 0.717) is 11.8 Å². The standard InChI is InChI=1S/C21H34N4O.HI/c1-4-22-21(23-14-19-16-24(3)12-13-26-19)25-11-10-20(17(2)15-25)18-8-6-5-7-9-18;/h5-9,17,19-20H,4,10-16H2,1-3H3,(H,22,23);1H. The van der Waals surface area contributed by atoms with Gasteiger partial charge in [-0.2, -0.15) is 0 Å². The number of nitrogens with one attached hydrogen (secondary N) is 1. The van der Waals surface area contributed by atoms with Gasteiger partial charge in [-0.05, 0) is 37.8 Å². The van der Waals surface area contributed by atoms with E-state index < -0.39 is 0 Å². The molecule has 1 aromatic carbocycles. The summed E-state index contributed by atoms with van der Waals surface area (Å²) in [6.45, 7) is 11.1. The summed E-state index contributed by atoms with van der Waals surface area (Å²) in [5.41, 5.74) is 1.47. The van der Waals surface area contributed by atoms with Crippen molar-refractivity contribution in [2.75, 3.05) is 52.9 Å². The van der Waals surface area contributed by atoms with Gasteiger partial charge < -0.3 is 19.9 Å². The molecule has 0 saturated carbocycles. The van der Waals surface area contributed by atoms with E-state index in [0.717, 1.165) is 51.8 Å². The molecule has 27 heavy (non-hydrogen) atoms. The number of likely N-dealkylation sites (N-methyl/N-ethyl adjacent to an activating group) is 1. The van der Waals surface area contributed by atoms with Crippen molar-refractivity contribution in [3.63, 3.8) is 0 Å². The first-order chi connectivity index (χ1) is 12.7. The maximum Gasteiger partial charge on any atom is 0.194 e. The fraction of sp³-hybridized carbons (Fsp3) is 0.667. The molecule has 0 aromatic heterocycles. The second-order valence-corrected chi connectivity index (χ2v) is 7.68. The molecule has 3 atom stereocenters. The zero-order valence-corrected chi connectivity index (χ0v) is 19.3. The minimum atomic E-state index is 0. The average Bonchev–Trinajstić information content (AvgIpc) is 2.66. The Kier molecular flexibility index (Phi) is 9.32. The van der Waals surface area contributed by atoms with Crippen LogP contribution in [0.4, 0.5) is 0 Å². The van der Waals surface area contributed by atoms with E-state index in [4.69, 9.17) is 9.73 Å². The molecule has 0 amide bonds. The van der Waals surface area contributed by atoms with E-state index in [-0.39, 0.29) is 30.1 Å². The van der Waals surface area contributed by atoms with Gasteiger partial charge in [-0.15, -0.1) is 24.0 Å². The highest BCUT2D eigenvalue weighted by atomic mass is 127. The summed E-state index contributed by atoms with van der Waals surface area (Å²) in [6, 6.07) is 11.0. The lowest BCUT2D eigenvalue weighted by Gasteiger charge is -2.39. The van der Waals surface area contributed by atoms with Crippen LogP contribution in [0.3, 0.4) is 0 Å². The van der Waals surface area contributed by atoms with Gasteiger partial charge in [0.25, 0.3) is 0 Å². The number of nitrogens with zero attached hydrogens (tertiary/aromatic N) is 3. The molecule has 3 unspecified atom stereocenters. The molecular formula is C21H35IN4O. The molecule has 1 N–H and O–H groups in total. The van der Waals surface area contributed by atoms with Crippen LogP contribution in [0.2, 0.25) is 0 Å². The van der Waals surface area contributed by atoms with Crippen LogP contribution in [0.25, 0.3) is 0 Å². The first-order valence-electron chi connectivity index (χ1n) is 10.1. The van der Waals surface area contributed by atoms with Crippen molar-refractivity contribution in [2.24, 2.45) is 10.9 Å². The largest absolute Gasteiger partial charge is 0.374 e. The molecule has 2 aliphatic heterocycles. The monoisotopic (exact) mass is 486 g/mol. The van der Waals surface area contributed by atoms with Crippen LogP contribution < -0.4 is 5.32 Å². The molecule has 0 bridgehead atoms. The van der Waals surface area contributed by atoms with Gasteiger partial charge in [-0.3, -0.25) is 4.99 Å². The Morgan fingerprint density at radius 1 is 1.22 bits per heavy atom. The molecule has 2 aliphatic rings. The third kappa shape index (κ3) is 6.32. The zero-order valence-electron chi connectivity index (χ0n) is 16.9. The third-order valence-corrected chi connectivity index (χ3v) is 5.55. The Balaban J connectivity index is 0.00000261. The van der Waals surface area contributed by atoms with E-state index in [1.807, 2.05) is 0 Å². The van der Waals surface area contributed by atoms with Gasteiger partial charge in [0.05, 0.1) is 19.3 Å². The summed E-state index contributed by atoms with van der Waals surface area (Å²) >= 11 is 0. The summed E-state index contributed by atoms with van der Waals surface area (Å²) in [5.74, 6) is 2.31. The van der Waals surface area contributed by atoms with Crippen LogP contribution in [-0.2, 0) is 4.74 Å². The first kappa shape index (κ1) is 22.4. The molecule has 0 aliphatic carbocycles. The maximum absolute atomic E-state index is 5.87. The molecule has 0 radical (unpaired) electrons. The van der Waals surface area contributed by atoms with Gasteiger partial charge in [0.2, 0.25) is 0 Å². The van der Waals surface area contributed by atoms with Crippen molar-refractivity contribution in [2.45, 2.75) is 32.3 Å². The molecule has 1 aromatic rings. The van der Waals surface area contributed by atoms with Crippen LogP contribution in [0, 0.1) is 5.92 Å². The Morgan fingerprint density at radius 3 is 2.67 bits per heavy atom. The van der Waals surface area contributed by atoms with E-state index in [1.54, 1.807) is 0 Å². The third-order valence-electron chi connectivity index (χ3n) is 5.55. The van der Waals surface area contributed by atoms with Crippen molar-refractivity contribution < 1.29 is 4.74 Å². The molecular weight excluding hydrogens is 451 g/mol. The van der Waals surface area contributed by atoms with Crippen LogP contribution in [0.5, 0.6) is 0 Å². The topological polar surface area (TPSA) is 40.1 Å². The summed E-state index contributed by atoms with van der Waals surface area (Å²) in [6.07, 6.45) is 1.39. The van der Waals surface area contributed by atoms with Crippen LogP contribution in [0.15, 0.2) is 35.3 Å². The highest BCUT2D eigenvalue weighted by Crippen LogP contribution is 2.32. The molecule has 6 heteroatoms. The molecule has 5 nitrogen and oxygen atoms in total. The number of likely N-dealkylation sites (tertiary alicyclic amines) is 1. The Hall–Kier alpha value is -0.860. The Morgan fingerprint density at radius 2 is 2.00 bits per heavy atom. The van der Waals surface area contributed by atoms with Gasteiger partial charge in [0.1, 0.15) is 0 Å². The highest BCUT2D eigenvalue weighted by molar-refractivity contribution is 14.0. The Bertz CT molecular complexity index is 583. The smallest absolute Gasteiger partial charge is 0.194 e. The number of benzene rings is 1. The number of guanidine groups is 1. The molecule has 2 heterocycles. The summed E-state index contributed by atoms with van der Waals surface area (Å²) < 4.78 is 5.87. The van der Waals surface area contributed by atoms with Gasteiger partial charge in [0.15, 0.2) is 5.96 Å². The van der Waals surface area contributed by atoms with E-state index in [9.17, 15) is 0 Å². The van der Waals surface area contributed by atoms with Crippen molar-refractivity contribution in [3.05, 3.63) is 35.9 Å². The SMILES string of the molecule is CCNC(=NCC1CN(C)CCO1)N1CCC(c2ccccc2)C(C)C1.I. The maximum atomic E-state index is 5.87. The lowest BCUT2D eigenvalue weighted by Crippen LogP contribution is -2.48. The number of aliphatic imine (C=N–C) groups is 1. The minimum absolute atomic E-state index is 0. The lowest BCUT2D eigenvalue weighted by molar-refractivity contribution is -0.0137. The molecule has 152 valence electrons. The Labute approximate surface area is 181 Å².